The summed E-state index contributed by atoms with van der Waals surface area (Å²) in [6.45, 7) is 22.6. The SMILES string of the molecule is CCC1C=C(C)CC(C)CC(OC)C2OC(O)(C(=O)C(=O)N3CCCCC3C(=O)OC(C(C)=CC3CCC(Oc4ccc5cc(O[Si](C)(C)C(C)(C)C)ccc5c4)C(OC)C3)C(C)C(O)CC1=O)C(C)CC2OC. The minimum absolute atomic E-state index is 0.00615. The van der Waals surface area contributed by atoms with Gasteiger partial charge in [-0.15, -0.1) is 0 Å². The zero-order chi connectivity index (χ0) is 54.4. The molecule has 2 saturated heterocycles. The molecule has 15 heteroatoms. The number of hydrogen-bond donors (Lipinski definition) is 2. The van der Waals surface area contributed by atoms with E-state index in [1.807, 2.05) is 39.0 Å². The first kappa shape index (κ1) is 59.3. The predicted octanol–water partition coefficient (Wildman–Crippen LogP) is 10.1. The number of amides is 1. The van der Waals surface area contributed by atoms with Crippen LogP contribution in [0.1, 0.15) is 133 Å². The molecule has 2 aromatic rings. The molecule has 412 valence electrons. The van der Waals surface area contributed by atoms with Crippen molar-refractivity contribution in [2.75, 3.05) is 27.9 Å². The zero-order valence-corrected chi connectivity index (χ0v) is 47.9. The van der Waals surface area contributed by atoms with Crippen LogP contribution in [-0.2, 0) is 42.9 Å². The number of carbonyl (C=O) groups excluding carboxylic acids is 4. The van der Waals surface area contributed by atoms with E-state index >= 15 is 0 Å². The first-order valence-corrected chi connectivity index (χ1v) is 30.3. The van der Waals surface area contributed by atoms with E-state index in [4.69, 9.17) is 32.8 Å². The number of ether oxygens (including phenoxy) is 6. The number of aliphatic hydroxyl groups is 2. The lowest BCUT2D eigenvalue weighted by Crippen LogP contribution is -2.64. The summed E-state index contributed by atoms with van der Waals surface area (Å²) in [5.74, 6) is -5.95. The highest BCUT2D eigenvalue weighted by atomic mass is 28.4. The van der Waals surface area contributed by atoms with Gasteiger partial charge in [-0.1, -0.05) is 78.3 Å². The van der Waals surface area contributed by atoms with E-state index in [9.17, 15) is 29.4 Å². The molecule has 0 spiro atoms. The highest BCUT2D eigenvalue weighted by Gasteiger charge is 2.57. The number of fused-ring (bicyclic) bond motifs is 4. The third-order valence-electron chi connectivity index (χ3n) is 17.1. The van der Waals surface area contributed by atoms with E-state index in [-0.39, 0.29) is 60.7 Å². The molecule has 1 amide bonds. The van der Waals surface area contributed by atoms with Gasteiger partial charge in [-0.3, -0.25) is 14.4 Å². The van der Waals surface area contributed by atoms with Gasteiger partial charge in [-0.25, -0.2) is 4.79 Å². The van der Waals surface area contributed by atoms with Crippen molar-refractivity contribution < 1.29 is 62.2 Å². The average Bonchev–Trinajstić information content (AvgIpc) is 3.35. The third-order valence-corrected chi connectivity index (χ3v) is 21.5. The summed E-state index contributed by atoms with van der Waals surface area (Å²) in [5, 5.41) is 26.3. The van der Waals surface area contributed by atoms with Crippen LogP contribution >= 0.6 is 0 Å². The van der Waals surface area contributed by atoms with Crippen molar-refractivity contribution in [3.05, 3.63) is 59.7 Å². The van der Waals surface area contributed by atoms with Crippen molar-refractivity contribution in [1.82, 2.24) is 4.90 Å². The minimum atomic E-state index is -2.52. The number of cyclic esters (lactones) is 1. The van der Waals surface area contributed by atoms with Gasteiger partial charge < -0.3 is 48.0 Å². The average molecular weight is 1050 g/mol. The molecule has 2 bridgehead atoms. The molecule has 3 fully saturated rings. The van der Waals surface area contributed by atoms with E-state index in [0.717, 1.165) is 34.3 Å². The fourth-order valence-corrected chi connectivity index (χ4v) is 12.5. The Morgan fingerprint density at radius 3 is 2.12 bits per heavy atom. The van der Waals surface area contributed by atoms with Crippen LogP contribution in [0.5, 0.6) is 11.5 Å². The molecule has 1 saturated carbocycles. The number of methoxy groups -OCH3 is 3. The Morgan fingerprint density at radius 1 is 0.851 bits per heavy atom. The highest BCUT2D eigenvalue weighted by Crippen LogP contribution is 2.41. The summed E-state index contributed by atoms with van der Waals surface area (Å²) in [5.41, 5.74) is 1.68. The summed E-state index contributed by atoms with van der Waals surface area (Å²) in [7, 11) is 2.76. The highest BCUT2D eigenvalue weighted by molar-refractivity contribution is 6.74. The van der Waals surface area contributed by atoms with Crippen LogP contribution in [-0.4, -0.2) is 129 Å². The Balaban J connectivity index is 1.26. The van der Waals surface area contributed by atoms with Crippen molar-refractivity contribution in [1.29, 1.82) is 0 Å². The lowest BCUT2D eigenvalue weighted by atomic mass is 9.81. The van der Waals surface area contributed by atoms with Crippen molar-refractivity contribution in [2.24, 2.45) is 29.6 Å². The second kappa shape index (κ2) is 25.0. The Bertz CT molecular complexity index is 2340. The third kappa shape index (κ3) is 13.8. The second-order valence-electron chi connectivity index (χ2n) is 23.8. The standard InChI is InChI=1S/C59H89NO13Si/c1-15-41-27-35(2)26-36(3)28-51(68-11)54-52(69-12)30-38(5)59(66,72-54)55(63)56(64)60-25-17-16-18-46(60)57(65)71-53(39(6)47(61)34-48(41)62)37(4)29-40-19-24-49(50(31-40)67-10)70-44-22-20-43-33-45(23-21-42(43)32-44)73-74(13,14)58(7,8)9/h20-23,27,29,32-33,36,38-41,46-47,49-54,61,66H,15-19,24-26,28,30-31,34H2,1-14H3. The van der Waals surface area contributed by atoms with Gasteiger partial charge in [0.25, 0.3) is 11.7 Å². The number of benzene rings is 2. The van der Waals surface area contributed by atoms with Gasteiger partial charge in [0, 0.05) is 52.0 Å². The summed E-state index contributed by atoms with van der Waals surface area (Å²) < 4.78 is 43.9. The molecule has 14 atom stereocenters. The van der Waals surface area contributed by atoms with Gasteiger partial charge in [0.1, 0.15) is 41.6 Å². The van der Waals surface area contributed by atoms with Crippen LogP contribution in [0.4, 0.5) is 0 Å². The molecule has 3 aliphatic heterocycles. The molecule has 1 aliphatic carbocycles. The molecule has 6 rings (SSSR count). The molecular formula is C59H89NO13Si. The number of ketones is 2. The number of Topliss-reactive ketones (excluding diaryl/α,β-unsaturated/α-hetero) is 2. The number of allylic oxidation sites excluding steroid dienone is 3. The van der Waals surface area contributed by atoms with E-state index in [2.05, 4.69) is 71.1 Å². The molecule has 4 aliphatic rings. The number of carbonyl (C=O) groups is 4. The molecule has 3 heterocycles. The Labute approximate surface area is 442 Å². The molecular weight excluding hydrogens is 959 g/mol. The first-order valence-electron chi connectivity index (χ1n) is 27.3. The fraction of sp³-hybridized carbons (Fsp3) is 0.695. The van der Waals surface area contributed by atoms with Crippen LogP contribution in [0, 0.1) is 29.6 Å². The Morgan fingerprint density at radius 2 is 1.49 bits per heavy atom. The second-order valence-corrected chi connectivity index (χ2v) is 28.5. The van der Waals surface area contributed by atoms with Crippen LogP contribution in [0.2, 0.25) is 18.1 Å². The van der Waals surface area contributed by atoms with E-state index in [1.165, 1.54) is 4.90 Å². The van der Waals surface area contributed by atoms with Gasteiger partial charge >= 0.3 is 5.97 Å². The van der Waals surface area contributed by atoms with Crippen molar-refractivity contribution >= 4 is 42.5 Å². The van der Waals surface area contributed by atoms with Gasteiger partial charge in [-0.2, -0.15) is 0 Å². The summed E-state index contributed by atoms with van der Waals surface area (Å²) >= 11 is 0. The number of rotatable bonds is 10. The van der Waals surface area contributed by atoms with Crippen LogP contribution in [0.3, 0.4) is 0 Å². The number of hydrogen-bond acceptors (Lipinski definition) is 13. The fourth-order valence-electron chi connectivity index (χ4n) is 11.5. The number of nitrogens with zero attached hydrogens (tertiary/aromatic N) is 1. The van der Waals surface area contributed by atoms with Gasteiger partial charge in [0.2, 0.25) is 14.1 Å². The Hall–Kier alpha value is -3.96. The van der Waals surface area contributed by atoms with Crippen LogP contribution < -0.4 is 9.16 Å². The molecule has 14 unspecified atom stereocenters. The summed E-state index contributed by atoms with van der Waals surface area (Å²) in [6.07, 6.45) is 4.43. The van der Waals surface area contributed by atoms with E-state index in [0.29, 0.717) is 50.5 Å². The van der Waals surface area contributed by atoms with E-state index in [1.54, 1.807) is 35.2 Å². The number of esters is 1. The lowest BCUT2D eigenvalue weighted by molar-refractivity contribution is -0.302. The first-order chi connectivity index (χ1) is 34.8. The maximum absolute atomic E-state index is 14.7. The largest absolute Gasteiger partial charge is 0.543 e. The van der Waals surface area contributed by atoms with Gasteiger partial charge in [0.15, 0.2) is 0 Å². The molecule has 74 heavy (non-hydrogen) atoms. The molecule has 2 aromatic carbocycles. The van der Waals surface area contributed by atoms with Gasteiger partial charge in [0.05, 0.1) is 24.4 Å². The molecule has 0 radical (unpaired) electrons. The topological polar surface area (TPSA) is 177 Å². The van der Waals surface area contributed by atoms with Crippen LogP contribution in [0.15, 0.2) is 59.7 Å². The monoisotopic (exact) mass is 1050 g/mol. The smallest absolute Gasteiger partial charge is 0.329 e. The molecule has 14 nitrogen and oxygen atoms in total. The molecule has 2 N–H and O–H groups in total. The van der Waals surface area contributed by atoms with E-state index < -0.39 is 86.1 Å². The van der Waals surface area contributed by atoms with Crippen molar-refractivity contribution in [2.45, 2.75) is 206 Å². The lowest BCUT2D eigenvalue weighted by Gasteiger charge is -2.47. The van der Waals surface area contributed by atoms with Crippen molar-refractivity contribution in [3.63, 3.8) is 0 Å². The summed E-state index contributed by atoms with van der Waals surface area (Å²) in [6, 6.07) is 11.2. The number of piperidine rings is 1. The summed E-state index contributed by atoms with van der Waals surface area (Å²) in [4.78, 5) is 58.8. The molecule has 0 aromatic heterocycles. The normalized spacial score (nSPS) is 34.1. The maximum atomic E-state index is 14.7. The Kier molecular flexibility index (Phi) is 20.0. The quantitative estimate of drug-likeness (QED) is 0.0996. The number of aliphatic hydroxyl groups excluding tert-OH is 1. The van der Waals surface area contributed by atoms with Crippen LogP contribution in [0.25, 0.3) is 10.8 Å². The minimum Gasteiger partial charge on any atom is -0.543 e. The van der Waals surface area contributed by atoms with Gasteiger partial charge in [-0.05, 0) is 149 Å². The van der Waals surface area contributed by atoms with Crippen molar-refractivity contribution in [3.8, 4) is 11.5 Å². The maximum Gasteiger partial charge on any atom is 0.329 e. The predicted molar refractivity (Wildman–Crippen MR) is 288 cm³/mol. The zero-order valence-electron chi connectivity index (χ0n) is 46.9.